The van der Waals surface area contributed by atoms with Gasteiger partial charge in [0.05, 0.1) is 30.0 Å². The van der Waals surface area contributed by atoms with E-state index in [2.05, 4.69) is 25.8 Å². The molecule has 0 bridgehead atoms. The molecule has 0 amide bonds. The van der Waals surface area contributed by atoms with Gasteiger partial charge < -0.3 is 40.3 Å². The van der Waals surface area contributed by atoms with Crippen LogP contribution in [0.5, 0.6) is 17.2 Å². The molecule has 0 radical (unpaired) electrons. The number of aliphatic hydroxyl groups is 2. The number of aromatic hydroxyl groups is 1. The van der Waals surface area contributed by atoms with E-state index in [1.165, 1.54) is 24.3 Å². The number of aromatic carboxylic acids is 2. The van der Waals surface area contributed by atoms with Gasteiger partial charge in [0.25, 0.3) is 10.1 Å². The third-order valence-electron chi connectivity index (χ3n) is 6.30. The van der Waals surface area contributed by atoms with Crippen LogP contribution in [-0.2, 0) is 10.1 Å². The number of hydrogen-bond acceptors (Lipinski definition) is 14. The number of benzene rings is 4. The van der Waals surface area contributed by atoms with E-state index in [0.29, 0.717) is 5.69 Å². The summed E-state index contributed by atoms with van der Waals surface area (Å²) in [6.07, 6.45) is 0. The largest absolute Gasteiger partial charge is 0.505 e. The second-order valence-corrected chi connectivity index (χ2v) is 10.8. The maximum atomic E-state index is 12.3. The molecule has 0 atom stereocenters. The summed E-state index contributed by atoms with van der Waals surface area (Å²) >= 11 is 0. The Hall–Kier alpha value is -5.69. The molecule has 4 rings (SSSR count). The number of carboxylic acids is 2. The average molecular weight is 670 g/mol. The molecule has 0 unspecified atom stereocenters. The highest BCUT2D eigenvalue weighted by Gasteiger charge is 2.23. The van der Waals surface area contributed by atoms with Crippen molar-refractivity contribution in [2.45, 2.75) is 4.90 Å². The SMILES string of the molecule is CNc1ccc2cc(S(=O)(=O)O)c(N=Nc3cc(OCCO)c(N=Nc4cc(C(=O)O)cc(C(=O)O)c4)cc3OCCO)c(O)c2c1. The number of carbonyl (C=O) groups is 2. The molecule has 0 saturated carbocycles. The molecule has 0 spiro atoms. The van der Waals surface area contributed by atoms with Gasteiger partial charge in [0, 0.05) is 30.3 Å². The zero-order valence-electron chi connectivity index (χ0n) is 24.4. The van der Waals surface area contributed by atoms with Gasteiger partial charge >= 0.3 is 11.9 Å². The molecule has 0 aliphatic heterocycles. The Morgan fingerprint density at radius 3 is 1.83 bits per heavy atom. The molecule has 4 aromatic carbocycles. The van der Waals surface area contributed by atoms with Gasteiger partial charge in [-0.05, 0) is 41.8 Å². The Balaban J connectivity index is 1.87. The maximum absolute atomic E-state index is 12.3. The molecule has 0 aliphatic carbocycles. The second kappa shape index (κ2) is 14.6. The molecule has 0 aromatic heterocycles. The number of rotatable bonds is 14. The summed E-state index contributed by atoms with van der Waals surface area (Å²) in [7, 11) is -3.28. The summed E-state index contributed by atoms with van der Waals surface area (Å²) in [5.41, 5.74) is -1.09. The van der Waals surface area contributed by atoms with Gasteiger partial charge in [-0.2, -0.15) is 13.5 Å². The quantitative estimate of drug-likeness (QED) is 0.0703. The van der Waals surface area contributed by atoms with Crippen molar-refractivity contribution >= 4 is 61.3 Å². The van der Waals surface area contributed by atoms with Gasteiger partial charge in [0.2, 0.25) is 0 Å². The van der Waals surface area contributed by atoms with Crippen LogP contribution in [0.25, 0.3) is 10.8 Å². The number of carboxylic acid groups (broad SMARTS) is 2. The number of azo groups is 2. The first-order chi connectivity index (χ1) is 22.4. The number of aliphatic hydroxyl groups excluding tert-OH is 2. The summed E-state index contributed by atoms with van der Waals surface area (Å²) < 4.78 is 45.5. The van der Waals surface area contributed by atoms with E-state index in [0.717, 1.165) is 24.3 Å². The van der Waals surface area contributed by atoms with E-state index >= 15 is 0 Å². The third kappa shape index (κ3) is 8.13. The second-order valence-electron chi connectivity index (χ2n) is 9.44. The van der Waals surface area contributed by atoms with Crippen molar-refractivity contribution in [3.8, 4) is 17.2 Å². The van der Waals surface area contributed by atoms with Crippen molar-refractivity contribution in [3.05, 3.63) is 65.7 Å². The van der Waals surface area contributed by atoms with Crippen LogP contribution >= 0.6 is 0 Å². The van der Waals surface area contributed by atoms with Gasteiger partial charge in [-0.3, -0.25) is 4.55 Å². The highest BCUT2D eigenvalue weighted by molar-refractivity contribution is 7.86. The van der Waals surface area contributed by atoms with Gasteiger partial charge in [-0.25, -0.2) is 9.59 Å². The van der Waals surface area contributed by atoms with Gasteiger partial charge in [0.1, 0.15) is 46.7 Å². The first-order valence-electron chi connectivity index (χ1n) is 13.4. The van der Waals surface area contributed by atoms with E-state index in [1.807, 2.05) is 0 Å². The summed E-state index contributed by atoms with van der Waals surface area (Å²) in [4.78, 5) is 22.2. The number of fused-ring (bicyclic) bond motifs is 1. The Morgan fingerprint density at radius 1 is 0.787 bits per heavy atom. The van der Waals surface area contributed by atoms with Crippen LogP contribution < -0.4 is 14.8 Å². The van der Waals surface area contributed by atoms with Crippen molar-refractivity contribution in [1.82, 2.24) is 0 Å². The first-order valence-corrected chi connectivity index (χ1v) is 14.9. The summed E-state index contributed by atoms with van der Waals surface area (Å²) in [5.74, 6) is -3.60. The molecule has 0 saturated heterocycles. The number of nitrogens with one attached hydrogen (secondary N) is 1. The summed E-state index contributed by atoms with van der Waals surface area (Å²) in [6.45, 7) is -1.39. The molecule has 18 heteroatoms. The Kier molecular flexibility index (Phi) is 10.6. The fourth-order valence-electron chi connectivity index (χ4n) is 4.16. The number of phenols is 1. The predicted molar refractivity (Wildman–Crippen MR) is 165 cm³/mol. The minimum Gasteiger partial charge on any atom is -0.505 e. The zero-order valence-corrected chi connectivity index (χ0v) is 25.2. The maximum Gasteiger partial charge on any atom is 0.335 e. The normalized spacial score (nSPS) is 11.7. The third-order valence-corrected chi connectivity index (χ3v) is 7.17. The number of phenolic OH excluding ortho intramolecular Hbond substituents is 1. The predicted octanol–water partition coefficient (Wildman–Crippen LogP) is 4.80. The van der Waals surface area contributed by atoms with Crippen LogP contribution in [0.3, 0.4) is 0 Å². The van der Waals surface area contributed by atoms with Crippen LogP contribution in [0, 0.1) is 0 Å². The Morgan fingerprint density at radius 2 is 1.34 bits per heavy atom. The first kappa shape index (κ1) is 34.2. The van der Waals surface area contributed by atoms with Crippen LogP contribution in [0.1, 0.15) is 20.7 Å². The lowest BCUT2D eigenvalue weighted by atomic mass is 10.1. The standard InChI is InChI=1S/C29H27N5O12S/c1-30-18-3-2-15-11-25(47(42,43)44)26(27(37)20(15)12-18)34-33-22-14-23(45-6-4-35)21(13-24(22)46-7-5-36)32-31-19-9-16(28(38)39)8-17(10-19)29(40)41/h2-3,8-14,30,35-37H,4-7H2,1H3,(H,38,39)(H,40,41)(H,42,43,44). The monoisotopic (exact) mass is 669 g/mol. The lowest BCUT2D eigenvalue weighted by Crippen LogP contribution is -2.04. The molecule has 0 fully saturated rings. The highest BCUT2D eigenvalue weighted by Crippen LogP contribution is 2.45. The Bertz CT molecular complexity index is 1980. The molecule has 17 nitrogen and oxygen atoms in total. The highest BCUT2D eigenvalue weighted by atomic mass is 32.2. The van der Waals surface area contributed by atoms with Crippen molar-refractivity contribution in [2.24, 2.45) is 20.5 Å². The molecular formula is C29H27N5O12S. The molecule has 246 valence electrons. The number of nitrogens with zero attached hydrogens (tertiary/aromatic N) is 4. The molecule has 47 heavy (non-hydrogen) atoms. The molecule has 0 heterocycles. The summed E-state index contributed by atoms with van der Waals surface area (Å²) in [6, 6.07) is 11.3. The average Bonchev–Trinajstić information content (AvgIpc) is 3.04. The molecule has 7 N–H and O–H groups in total. The van der Waals surface area contributed by atoms with Crippen LogP contribution in [0.4, 0.5) is 28.4 Å². The Labute approximate surface area is 265 Å². The fourth-order valence-corrected chi connectivity index (χ4v) is 4.82. The van der Waals surface area contributed by atoms with Crippen LogP contribution in [0.15, 0.2) is 79.9 Å². The number of anilines is 1. The van der Waals surface area contributed by atoms with Crippen LogP contribution in [0.2, 0.25) is 0 Å². The van der Waals surface area contributed by atoms with E-state index in [1.54, 1.807) is 13.1 Å². The lowest BCUT2D eigenvalue weighted by Gasteiger charge is -2.13. The van der Waals surface area contributed by atoms with Crippen molar-refractivity contribution in [1.29, 1.82) is 0 Å². The van der Waals surface area contributed by atoms with E-state index in [-0.39, 0.29) is 63.7 Å². The smallest absolute Gasteiger partial charge is 0.335 e. The minimum absolute atomic E-state index is 0.0743. The lowest BCUT2D eigenvalue weighted by molar-refractivity contribution is 0.0696. The molecule has 4 aromatic rings. The molecular weight excluding hydrogens is 642 g/mol. The van der Waals surface area contributed by atoms with Gasteiger partial charge in [-0.15, -0.1) is 15.3 Å². The zero-order chi connectivity index (χ0) is 34.3. The number of hydrogen-bond donors (Lipinski definition) is 7. The van der Waals surface area contributed by atoms with Crippen molar-refractivity contribution in [3.63, 3.8) is 0 Å². The van der Waals surface area contributed by atoms with E-state index < -0.39 is 51.6 Å². The fraction of sp³-hybridized carbons (Fsp3) is 0.172. The molecule has 0 aliphatic rings. The van der Waals surface area contributed by atoms with Crippen molar-refractivity contribution < 1.29 is 57.6 Å². The van der Waals surface area contributed by atoms with E-state index in [4.69, 9.17) is 9.47 Å². The van der Waals surface area contributed by atoms with Crippen molar-refractivity contribution in [2.75, 3.05) is 38.8 Å². The van der Waals surface area contributed by atoms with Crippen LogP contribution in [-0.4, -0.2) is 83.9 Å². The minimum atomic E-state index is -4.92. The van der Waals surface area contributed by atoms with E-state index in [9.17, 15) is 48.1 Å². The number of ether oxygens (including phenoxy) is 2. The topological polar surface area (TPSA) is 270 Å². The van der Waals surface area contributed by atoms with Gasteiger partial charge in [0.15, 0.2) is 5.75 Å². The summed E-state index contributed by atoms with van der Waals surface area (Å²) in [5, 5.41) is 67.7. The van der Waals surface area contributed by atoms with Gasteiger partial charge in [-0.1, -0.05) is 6.07 Å².